The third-order valence-corrected chi connectivity index (χ3v) is 6.17. The molecule has 3 aromatic heterocycles. The fourth-order valence-electron chi connectivity index (χ4n) is 3.61. The van der Waals surface area contributed by atoms with Gasteiger partial charge in [0.05, 0.1) is 35.5 Å². The summed E-state index contributed by atoms with van der Waals surface area (Å²) in [7, 11) is -0.320. The largest absolute Gasteiger partial charge is 0.491 e. The molecule has 0 unspecified atom stereocenters. The Labute approximate surface area is 174 Å². The fourth-order valence-corrected chi connectivity index (χ4v) is 4.50. The van der Waals surface area contributed by atoms with Crippen molar-refractivity contribution in [2.75, 3.05) is 13.4 Å². The first-order valence-corrected chi connectivity index (χ1v) is 11.2. The molecule has 0 spiro atoms. The molecule has 8 heteroatoms. The Morgan fingerprint density at radius 3 is 2.57 bits per heavy atom. The Morgan fingerprint density at radius 1 is 1.10 bits per heavy atom. The lowest BCUT2D eigenvalue weighted by molar-refractivity contribution is 0.405. The fraction of sp³-hybridized carbons (Fsp3) is 0.182. The quantitative estimate of drug-likeness (QED) is 0.493. The molecule has 0 saturated carbocycles. The van der Waals surface area contributed by atoms with E-state index < -0.39 is 9.84 Å². The summed E-state index contributed by atoms with van der Waals surface area (Å²) >= 11 is 0. The average Bonchev–Trinajstić information content (AvgIpc) is 3.08. The third-order valence-electron chi connectivity index (χ3n) is 5.02. The Balaban J connectivity index is 2.04. The highest BCUT2D eigenvalue weighted by Crippen LogP contribution is 2.33. The van der Waals surface area contributed by atoms with E-state index >= 15 is 0 Å². The standard InChI is InChI=1S/C22H21N3O4S/c1-24-13-15(11-20(29-2)22(24)26)19-12-17-18(8-6-9-21(17)30(3,27)28)25(19)14-16-7-4-5-10-23-16/h4-13H,14H2,1-3H3. The van der Waals surface area contributed by atoms with E-state index in [2.05, 4.69) is 4.98 Å². The second kappa shape index (κ2) is 7.46. The zero-order valence-electron chi connectivity index (χ0n) is 16.9. The number of benzene rings is 1. The van der Waals surface area contributed by atoms with E-state index in [1.165, 1.54) is 17.9 Å². The number of fused-ring (bicyclic) bond motifs is 1. The van der Waals surface area contributed by atoms with Crippen molar-refractivity contribution in [2.24, 2.45) is 7.05 Å². The minimum absolute atomic E-state index is 0.216. The van der Waals surface area contributed by atoms with Crippen molar-refractivity contribution in [3.8, 4) is 17.0 Å². The first-order valence-electron chi connectivity index (χ1n) is 9.27. The van der Waals surface area contributed by atoms with Crippen molar-refractivity contribution in [2.45, 2.75) is 11.4 Å². The predicted octanol–water partition coefficient (Wildman–Crippen LogP) is 2.86. The summed E-state index contributed by atoms with van der Waals surface area (Å²) in [6.07, 6.45) is 4.64. The Bertz CT molecular complexity index is 1400. The van der Waals surface area contributed by atoms with Gasteiger partial charge in [0, 0.05) is 36.6 Å². The monoisotopic (exact) mass is 423 g/mol. The van der Waals surface area contributed by atoms with E-state index in [1.807, 2.05) is 34.9 Å². The van der Waals surface area contributed by atoms with E-state index in [9.17, 15) is 13.2 Å². The summed E-state index contributed by atoms with van der Waals surface area (Å²) in [5.74, 6) is 0.216. The summed E-state index contributed by atoms with van der Waals surface area (Å²) in [5.41, 5.74) is 2.86. The molecule has 7 nitrogen and oxygen atoms in total. The molecule has 0 fully saturated rings. The maximum absolute atomic E-state index is 12.4. The molecule has 0 atom stereocenters. The third kappa shape index (κ3) is 3.50. The van der Waals surface area contributed by atoms with Crippen LogP contribution in [0.2, 0.25) is 0 Å². The molecule has 0 saturated heterocycles. The summed E-state index contributed by atoms with van der Waals surface area (Å²) in [5, 5.41) is 0.624. The van der Waals surface area contributed by atoms with Crippen LogP contribution in [0.3, 0.4) is 0 Å². The van der Waals surface area contributed by atoms with Crippen molar-refractivity contribution in [1.29, 1.82) is 0 Å². The van der Waals surface area contributed by atoms with Crippen molar-refractivity contribution in [3.05, 3.63) is 77.0 Å². The maximum atomic E-state index is 12.4. The first-order chi connectivity index (χ1) is 14.3. The summed E-state index contributed by atoms with van der Waals surface area (Å²) < 4.78 is 33.5. The number of rotatable bonds is 5. The van der Waals surface area contributed by atoms with Crippen LogP contribution in [0.15, 0.2) is 70.6 Å². The SMILES string of the molecule is COc1cc(-c2cc3c(S(C)(=O)=O)cccc3n2Cc2ccccn2)cn(C)c1=O. The van der Waals surface area contributed by atoms with Gasteiger partial charge in [-0.1, -0.05) is 12.1 Å². The zero-order valence-corrected chi connectivity index (χ0v) is 17.7. The zero-order chi connectivity index (χ0) is 21.5. The highest BCUT2D eigenvalue weighted by atomic mass is 32.2. The highest BCUT2D eigenvalue weighted by molar-refractivity contribution is 7.91. The second-order valence-corrected chi connectivity index (χ2v) is 9.10. The molecule has 0 aliphatic heterocycles. The van der Waals surface area contributed by atoms with Crippen molar-refractivity contribution >= 4 is 20.7 Å². The minimum atomic E-state index is -3.42. The van der Waals surface area contributed by atoms with Crippen LogP contribution < -0.4 is 10.3 Å². The number of hydrogen-bond acceptors (Lipinski definition) is 5. The molecule has 3 heterocycles. The Morgan fingerprint density at radius 2 is 1.90 bits per heavy atom. The molecule has 0 N–H and O–H groups in total. The van der Waals surface area contributed by atoms with Crippen LogP contribution in [0.1, 0.15) is 5.69 Å². The molecule has 0 radical (unpaired) electrons. The maximum Gasteiger partial charge on any atom is 0.292 e. The Kier molecular flexibility index (Phi) is 4.95. The van der Waals surface area contributed by atoms with Gasteiger partial charge in [-0.05, 0) is 36.4 Å². The number of pyridine rings is 2. The van der Waals surface area contributed by atoms with Gasteiger partial charge in [-0.25, -0.2) is 8.42 Å². The van der Waals surface area contributed by atoms with E-state index in [4.69, 9.17) is 4.74 Å². The number of aromatic nitrogens is 3. The lowest BCUT2D eigenvalue weighted by atomic mass is 10.2. The number of nitrogens with zero attached hydrogens (tertiary/aromatic N) is 3. The van der Waals surface area contributed by atoms with Gasteiger partial charge in [-0.2, -0.15) is 0 Å². The minimum Gasteiger partial charge on any atom is -0.491 e. The van der Waals surface area contributed by atoms with Gasteiger partial charge in [0.25, 0.3) is 5.56 Å². The number of ether oxygens (including phenoxy) is 1. The summed E-state index contributed by atoms with van der Waals surface area (Å²) in [4.78, 5) is 16.9. The van der Waals surface area contributed by atoms with Crippen LogP contribution in [0.4, 0.5) is 0 Å². The van der Waals surface area contributed by atoms with Gasteiger partial charge in [0.2, 0.25) is 0 Å². The number of hydrogen-bond donors (Lipinski definition) is 0. The van der Waals surface area contributed by atoms with Gasteiger partial charge < -0.3 is 13.9 Å². The normalized spacial score (nSPS) is 11.7. The molecule has 1 aromatic carbocycles. The van der Waals surface area contributed by atoms with Crippen LogP contribution in [0, 0.1) is 0 Å². The lowest BCUT2D eigenvalue weighted by Gasteiger charge is -2.13. The average molecular weight is 423 g/mol. The molecule has 4 rings (SSSR count). The van der Waals surface area contributed by atoms with Crippen LogP contribution in [0.25, 0.3) is 22.2 Å². The van der Waals surface area contributed by atoms with Gasteiger partial charge >= 0.3 is 0 Å². The Hall–Kier alpha value is -3.39. The molecule has 0 aliphatic rings. The first kappa shape index (κ1) is 19.9. The number of aryl methyl sites for hydroxylation is 1. The van der Waals surface area contributed by atoms with E-state index in [1.54, 1.807) is 37.6 Å². The molecule has 0 aliphatic carbocycles. The van der Waals surface area contributed by atoms with Gasteiger partial charge in [0.1, 0.15) is 0 Å². The van der Waals surface area contributed by atoms with Crippen LogP contribution in [0.5, 0.6) is 5.75 Å². The molecule has 30 heavy (non-hydrogen) atoms. The van der Waals surface area contributed by atoms with Gasteiger partial charge in [-0.3, -0.25) is 9.78 Å². The van der Waals surface area contributed by atoms with Gasteiger partial charge in [-0.15, -0.1) is 0 Å². The lowest BCUT2D eigenvalue weighted by Crippen LogP contribution is -2.18. The van der Waals surface area contributed by atoms with Crippen LogP contribution >= 0.6 is 0 Å². The van der Waals surface area contributed by atoms with Crippen molar-refractivity contribution in [3.63, 3.8) is 0 Å². The number of methoxy groups -OCH3 is 1. The van der Waals surface area contributed by atoms with Gasteiger partial charge in [0.15, 0.2) is 15.6 Å². The van der Waals surface area contributed by atoms with E-state index in [-0.39, 0.29) is 16.2 Å². The van der Waals surface area contributed by atoms with Crippen LogP contribution in [-0.2, 0) is 23.4 Å². The highest BCUT2D eigenvalue weighted by Gasteiger charge is 2.19. The number of sulfone groups is 1. The summed E-state index contributed by atoms with van der Waals surface area (Å²) in [6, 6.07) is 14.4. The smallest absolute Gasteiger partial charge is 0.292 e. The molecule has 0 amide bonds. The van der Waals surface area contributed by atoms with E-state index in [0.717, 1.165) is 22.5 Å². The van der Waals surface area contributed by atoms with Crippen molar-refractivity contribution < 1.29 is 13.2 Å². The second-order valence-electron chi connectivity index (χ2n) is 7.11. The molecule has 154 valence electrons. The molecular weight excluding hydrogens is 402 g/mol. The predicted molar refractivity (Wildman–Crippen MR) is 116 cm³/mol. The topological polar surface area (TPSA) is 83.2 Å². The molecular formula is C22H21N3O4S. The van der Waals surface area contributed by atoms with Crippen LogP contribution in [-0.4, -0.2) is 35.9 Å². The van der Waals surface area contributed by atoms with Crippen molar-refractivity contribution in [1.82, 2.24) is 14.1 Å². The molecule has 0 bridgehead atoms. The molecule has 4 aromatic rings. The van der Waals surface area contributed by atoms with E-state index in [0.29, 0.717) is 11.9 Å². The summed E-state index contributed by atoms with van der Waals surface area (Å²) in [6.45, 7) is 0.443.